The maximum absolute atomic E-state index is 12.2. The van der Waals surface area contributed by atoms with Gasteiger partial charge < -0.3 is 11.1 Å². The lowest BCUT2D eigenvalue weighted by Gasteiger charge is -2.15. The largest absolute Gasteiger partial charge is 0.392 e. The Morgan fingerprint density at radius 2 is 2.14 bits per heavy atom. The van der Waals surface area contributed by atoms with Crippen molar-refractivity contribution in [2.24, 2.45) is 5.73 Å². The fraction of sp³-hybridized carbons (Fsp3) is 0.286. The number of nitrogens with two attached hydrogens (primary N) is 1. The van der Waals surface area contributed by atoms with Gasteiger partial charge in [-0.25, -0.2) is 4.98 Å². The molecule has 0 radical (unpaired) electrons. The Labute approximate surface area is 128 Å². The summed E-state index contributed by atoms with van der Waals surface area (Å²) in [5.74, 6) is 0.0379. The fourth-order valence-corrected chi connectivity index (χ4v) is 2.25. The van der Waals surface area contributed by atoms with Gasteiger partial charge in [0, 0.05) is 13.0 Å². The molecule has 0 fully saturated rings. The van der Waals surface area contributed by atoms with Crippen molar-refractivity contribution in [2.45, 2.75) is 18.8 Å². The van der Waals surface area contributed by atoms with Crippen LogP contribution in [-0.2, 0) is 11.2 Å². The number of benzene rings is 1. The number of carbonyl (C=O) groups excluding carboxylic acids is 1. The smallest absolute Gasteiger partial charge is 0.234 e. The molecule has 7 heteroatoms. The summed E-state index contributed by atoms with van der Waals surface area (Å²) in [6, 6.07) is 9.29. The van der Waals surface area contributed by atoms with Crippen LogP contribution in [0.5, 0.6) is 0 Å². The number of rotatable bonds is 7. The van der Waals surface area contributed by atoms with Crippen molar-refractivity contribution >= 4 is 23.1 Å². The summed E-state index contributed by atoms with van der Waals surface area (Å²) in [4.78, 5) is 16.4. The van der Waals surface area contributed by atoms with Gasteiger partial charge in [0.25, 0.3) is 0 Å². The summed E-state index contributed by atoms with van der Waals surface area (Å²) >= 11 is 5.01. The van der Waals surface area contributed by atoms with E-state index in [1.54, 1.807) is 0 Å². The minimum atomic E-state index is -0.591. The van der Waals surface area contributed by atoms with Crippen molar-refractivity contribution in [3.63, 3.8) is 0 Å². The highest BCUT2D eigenvalue weighted by atomic mass is 32.1. The number of H-pyrrole nitrogens is 1. The van der Waals surface area contributed by atoms with E-state index < -0.39 is 5.92 Å². The predicted molar refractivity (Wildman–Crippen MR) is 83.7 cm³/mol. The van der Waals surface area contributed by atoms with Crippen molar-refractivity contribution in [1.82, 2.24) is 20.5 Å². The van der Waals surface area contributed by atoms with Gasteiger partial charge in [0.15, 0.2) is 0 Å². The molecule has 0 saturated heterocycles. The minimum absolute atomic E-state index is 0.175. The number of aryl methyl sites for hydroxylation is 1. The van der Waals surface area contributed by atoms with E-state index in [1.165, 1.54) is 6.33 Å². The fourth-order valence-electron chi connectivity index (χ4n) is 2.01. The van der Waals surface area contributed by atoms with Crippen LogP contribution in [0, 0.1) is 0 Å². The number of aromatic amines is 1. The van der Waals surface area contributed by atoms with Gasteiger partial charge in [0.05, 0.1) is 4.99 Å². The van der Waals surface area contributed by atoms with E-state index in [2.05, 4.69) is 20.5 Å². The summed E-state index contributed by atoms with van der Waals surface area (Å²) in [6.07, 6.45) is 2.95. The van der Waals surface area contributed by atoms with Crippen LogP contribution in [0.4, 0.5) is 0 Å². The van der Waals surface area contributed by atoms with Gasteiger partial charge in [-0.05, 0) is 12.0 Å². The van der Waals surface area contributed by atoms with Gasteiger partial charge in [-0.1, -0.05) is 42.5 Å². The van der Waals surface area contributed by atoms with Crippen molar-refractivity contribution in [3.8, 4) is 0 Å². The zero-order valence-electron chi connectivity index (χ0n) is 11.5. The summed E-state index contributed by atoms with van der Waals surface area (Å²) in [6.45, 7) is 0.533. The van der Waals surface area contributed by atoms with Crippen LogP contribution in [0.15, 0.2) is 36.7 Å². The molecule has 2 rings (SSSR count). The van der Waals surface area contributed by atoms with Gasteiger partial charge in [0.1, 0.15) is 18.1 Å². The molecule has 2 aromatic rings. The minimum Gasteiger partial charge on any atom is -0.392 e. The average Bonchev–Trinajstić information content (AvgIpc) is 2.98. The summed E-state index contributed by atoms with van der Waals surface area (Å²) in [5, 5.41) is 9.40. The van der Waals surface area contributed by atoms with E-state index in [4.69, 9.17) is 18.0 Å². The lowest BCUT2D eigenvalue weighted by atomic mass is 9.98. The second-order valence-corrected chi connectivity index (χ2v) is 5.04. The Morgan fingerprint density at radius 1 is 1.38 bits per heavy atom. The van der Waals surface area contributed by atoms with Crippen molar-refractivity contribution in [3.05, 3.63) is 48.0 Å². The number of aromatic nitrogens is 3. The van der Waals surface area contributed by atoms with Gasteiger partial charge in [-0.3, -0.25) is 9.89 Å². The molecule has 1 heterocycles. The third-order valence-electron chi connectivity index (χ3n) is 3.03. The van der Waals surface area contributed by atoms with E-state index >= 15 is 0 Å². The molecule has 1 unspecified atom stereocenters. The second kappa shape index (κ2) is 7.49. The molecule has 1 aromatic carbocycles. The molecule has 0 aliphatic rings. The van der Waals surface area contributed by atoms with Crippen LogP contribution in [0.3, 0.4) is 0 Å². The number of hydrogen-bond acceptors (Lipinski definition) is 4. The number of nitrogens with zero attached hydrogens (tertiary/aromatic N) is 2. The number of nitrogens with one attached hydrogen (secondary N) is 2. The molecule has 21 heavy (non-hydrogen) atoms. The van der Waals surface area contributed by atoms with Crippen LogP contribution in [-0.4, -0.2) is 32.6 Å². The van der Waals surface area contributed by atoms with E-state index in [9.17, 15) is 4.79 Å². The lowest BCUT2D eigenvalue weighted by molar-refractivity contribution is -0.121. The zero-order valence-corrected chi connectivity index (χ0v) is 12.3. The van der Waals surface area contributed by atoms with E-state index in [1.807, 2.05) is 30.3 Å². The van der Waals surface area contributed by atoms with Crippen molar-refractivity contribution in [1.29, 1.82) is 0 Å². The van der Waals surface area contributed by atoms with Gasteiger partial charge >= 0.3 is 0 Å². The number of carbonyl (C=O) groups is 1. The quantitative estimate of drug-likeness (QED) is 0.522. The molecule has 6 nitrogen and oxygen atoms in total. The Bertz CT molecular complexity index is 585. The molecule has 4 N–H and O–H groups in total. The average molecular weight is 303 g/mol. The maximum Gasteiger partial charge on any atom is 0.234 e. The predicted octanol–water partition coefficient (Wildman–Crippen LogP) is 0.923. The molecule has 0 saturated carbocycles. The number of hydrogen-bond donors (Lipinski definition) is 3. The molecule has 0 bridgehead atoms. The van der Waals surface area contributed by atoms with Crippen LogP contribution in [0.25, 0.3) is 0 Å². The molecule has 1 amide bonds. The summed E-state index contributed by atoms with van der Waals surface area (Å²) < 4.78 is 0. The number of thiocarbonyl (C=S) groups is 1. The molecule has 1 atom stereocenters. The zero-order chi connectivity index (χ0) is 15.1. The lowest BCUT2D eigenvalue weighted by Crippen LogP contribution is -2.36. The molecule has 1 aromatic heterocycles. The number of amides is 1. The standard InChI is InChI=1S/C14H17N5OS/c15-13(21)12(10-5-2-1-3-6-10)14(20)16-8-4-7-11-17-9-18-19-11/h1-3,5-6,9,12H,4,7-8H2,(H2,15,21)(H,16,20)(H,17,18,19). The van der Waals surface area contributed by atoms with Gasteiger partial charge in [-0.2, -0.15) is 5.10 Å². The van der Waals surface area contributed by atoms with Crippen LogP contribution >= 0.6 is 12.2 Å². The first kappa shape index (κ1) is 15.1. The molecular formula is C14H17N5OS. The van der Waals surface area contributed by atoms with Crippen LogP contribution in [0.1, 0.15) is 23.7 Å². The SMILES string of the molecule is NC(=S)C(C(=O)NCCCc1ncn[nH]1)c1ccccc1. The highest BCUT2D eigenvalue weighted by Crippen LogP contribution is 2.16. The Balaban J connectivity index is 1.86. The van der Waals surface area contributed by atoms with Crippen molar-refractivity contribution < 1.29 is 4.79 Å². The highest BCUT2D eigenvalue weighted by molar-refractivity contribution is 7.80. The Kier molecular flexibility index (Phi) is 5.39. The molecule has 110 valence electrons. The molecule has 0 spiro atoms. The summed E-state index contributed by atoms with van der Waals surface area (Å²) in [7, 11) is 0. The van der Waals surface area contributed by atoms with Crippen LogP contribution < -0.4 is 11.1 Å². The van der Waals surface area contributed by atoms with Crippen LogP contribution in [0.2, 0.25) is 0 Å². The molecule has 0 aliphatic carbocycles. The Morgan fingerprint density at radius 3 is 2.76 bits per heavy atom. The van der Waals surface area contributed by atoms with Gasteiger partial charge in [-0.15, -0.1) is 0 Å². The van der Waals surface area contributed by atoms with Crippen molar-refractivity contribution in [2.75, 3.05) is 6.54 Å². The first-order valence-electron chi connectivity index (χ1n) is 6.64. The topological polar surface area (TPSA) is 96.7 Å². The monoisotopic (exact) mass is 303 g/mol. The highest BCUT2D eigenvalue weighted by Gasteiger charge is 2.22. The van der Waals surface area contributed by atoms with E-state index in [0.29, 0.717) is 6.54 Å². The Hall–Kier alpha value is -2.28. The van der Waals surface area contributed by atoms with Gasteiger partial charge in [0.2, 0.25) is 5.91 Å². The van der Waals surface area contributed by atoms with E-state index in [-0.39, 0.29) is 10.9 Å². The van der Waals surface area contributed by atoms with E-state index in [0.717, 1.165) is 24.2 Å². The maximum atomic E-state index is 12.2. The third kappa shape index (κ3) is 4.35. The summed E-state index contributed by atoms with van der Waals surface area (Å²) in [5.41, 5.74) is 6.50. The molecule has 0 aliphatic heterocycles. The third-order valence-corrected chi connectivity index (χ3v) is 3.27. The first-order chi connectivity index (χ1) is 10.2. The molecular weight excluding hydrogens is 286 g/mol. The first-order valence-corrected chi connectivity index (χ1v) is 7.05. The normalized spacial score (nSPS) is 11.8. The second-order valence-electron chi connectivity index (χ2n) is 4.57.